The molecule has 30 heavy (non-hydrogen) atoms. The molecule has 0 atom stereocenters. The number of benzene rings is 1. The average molecular weight is 524 g/mol. The molecule has 2 aromatic rings. The molecule has 1 fully saturated rings. The largest absolute Gasteiger partial charge is 0.488 e. The summed E-state index contributed by atoms with van der Waals surface area (Å²) >= 11 is 0. The third-order valence-electron chi connectivity index (χ3n) is 4.54. The van der Waals surface area contributed by atoms with Crippen LogP contribution in [0.4, 0.5) is 5.95 Å². The standard InChI is InChI=1S/C22H32N6O.HI/c1-5-23-20(26-17-18-9-6-7-10-19(18)29-22(2,3)4)27-13-15-28(16-14-27)21-24-11-8-12-25-21;/h6-12H,5,13-17H2,1-4H3,(H,23,26);1H. The van der Waals surface area contributed by atoms with Crippen LogP contribution in [0, 0.1) is 0 Å². The van der Waals surface area contributed by atoms with Gasteiger partial charge in [-0.25, -0.2) is 15.0 Å². The predicted molar refractivity (Wildman–Crippen MR) is 133 cm³/mol. The summed E-state index contributed by atoms with van der Waals surface area (Å²) in [4.78, 5) is 18.1. The summed E-state index contributed by atoms with van der Waals surface area (Å²) < 4.78 is 6.11. The maximum atomic E-state index is 6.11. The van der Waals surface area contributed by atoms with Crippen molar-refractivity contribution in [3.63, 3.8) is 0 Å². The lowest BCUT2D eigenvalue weighted by molar-refractivity contribution is 0.129. The lowest BCUT2D eigenvalue weighted by Crippen LogP contribution is -2.53. The van der Waals surface area contributed by atoms with E-state index in [0.717, 1.165) is 55.9 Å². The van der Waals surface area contributed by atoms with Crippen LogP contribution in [0.5, 0.6) is 5.75 Å². The molecule has 0 unspecified atom stereocenters. The van der Waals surface area contributed by atoms with Crippen LogP contribution < -0.4 is 15.0 Å². The highest BCUT2D eigenvalue weighted by Crippen LogP contribution is 2.23. The summed E-state index contributed by atoms with van der Waals surface area (Å²) in [5.74, 6) is 2.62. The quantitative estimate of drug-likeness (QED) is 0.367. The first kappa shape index (κ1) is 24.2. The van der Waals surface area contributed by atoms with Crippen LogP contribution >= 0.6 is 24.0 Å². The highest BCUT2D eigenvalue weighted by molar-refractivity contribution is 14.0. The Hall–Kier alpha value is -2.10. The number of nitrogens with one attached hydrogen (secondary N) is 1. The molecular formula is C22H33IN6O. The Balaban J connectivity index is 0.00000320. The van der Waals surface area contributed by atoms with Gasteiger partial charge in [-0.1, -0.05) is 18.2 Å². The van der Waals surface area contributed by atoms with Crippen molar-refractivity contribution in [2.75, 3.05) is 37.6 Å². The maximum absolute atomic E-state index is 6.11. The Bertz CT molecular complexity index is 801. The Kier molecular flexibility index (Phi) is 9.13. The number of ether oxygens (including phenoxy) is 1. The van der Waals surface area contributed by atoms with Crippen molar-refractivity contribution in [3.05, 3.63) is 48.3 Å². The molecule has 1 aromatic heterocycles. The highest BCUT2D eigenvalue weighted by atomic mass is 127. The molecule has 164 valence electrons. The number of aliphatic imine (C=N–C) groups is 1. The second kappa shape index (κ2) is 11.3. The van der Waals surface area contributed by atoms with Gasteiger partial charge in [-0.05, 0) is 39.8 Å². The average Bonchev–Trinajstić information content (AvgIpc) is 2.72. The molecular weight excluding hydrogens is 491 g/mol. The van der Waals surface area contributed by atoms with Crippen LogP contribution in [-0.4, -0.2) is 59.2 Å². The number of hydrogen-bond acceptors (Lipinski definition) is 5. The zero-order valence-corrected chi connectivity index (χ0v) is 20.7. The van der Waals surface area contributed by atoms with E-state index in [1.807, 2.05) is 24.3 Å². The van der Waals surface area contributed by atoms with Gasteiger partial charge in [0.05, 0.1) is 6.54 Å². The Morgan fingerprint density at radius 1 is 1.07 bits per heavy atom. The van der Waals surface area contributed by atoms with E-state index in [0.29, 0.717) is 6.54 Å². The number of rotatable bonds is 5. The number of para-hydroxylation sites is 1. The fraction of sp³-hybridized carbons (Fsp3) is 0.500. The highest BCUT2D eigenvalue weighted by Gasteiger charge is 2.21. The number of nitrogens with zero attached hydrogens (tertiary/aromatic N) is 5. The van der Waals surface area contributed by atoms with E-state index in [-0.39, 0.29) is 29.6 Å². The van der Waals surface area contributed by atoms with Crippen molar-refractivity contribution in [1.29, 1.82) is 0 Å². The van der Waals surface area contributed by atoms with Gasteiger partial charge in [0.1, 0.15) is 11.4 Å². The summed E-state index contributed by atoms with van der Waals surface area (Å²) in [6, 6.07) is 9.98. The summed E-state index contributed by atoms with van der Waals surface area (Å²) in [6.07, 6.45) is 3.58. The van der Waals surface area contributed by atoms with Gasteiger partial charge in [0.25, 0.3) is 0 Å². The number of halogens is 1. The normalized spacial score (nSPS) is 14.9. The Labute approximate surface area is 197 Å². The van der Waals surface area contributed by atoms with Crippen molar-refractivity contribution < 1.29 is 4.74 Å². The van der Waals surface area contributed by atoms with Crippen molar-refractivity contribution >= 4 is 35.9 Å². The number of aromatic nitrogens is 2. The molecule has 0 aliphatic carbocycles. The van der Waals surface area contributed by atoms with Crippen LogP contribution in [0.2, 0.25) is 0 Å². The summed E-state index contributed by atoms with van der Waals surface area (Å²) in [5, 5.41) is 3.43. The van der Waals surface area contributed by atoms with Crippen molar-refractivity contribution in [1.82, 2.24) is 20.2 Å². The number of hydrogen-bond donors (Lipinski definition) is 1. The maximum Gasteiger partial charge on any atom is 0.225 e. The monoisotopic (exact) mass is 524 g/mol. The predicted octanol–water partition coefficient (Wildman–Crippen LogP) is 3.56. The van der Waals surface area contributed by atoms with Gasteiger partial charge < -0.3 is 19.9 Å². The fourth-order valence-corrected chi connectivity index (χ4v) is 3.22. The molecule has 8 heteroatoms. The first-order valence-corrected chi connectivity index (χ1v) is 10.3. The minimum Gasteiger partial charge on any atom is -0.488 e. The van der Waals surface area contributed by atoms with Crippen LogP contribution in [0.3, 0.4) is 0 Å². The van der Waals surface area contributed by atoms with Crippen molar-refractivity contribution in [2.24, 2.45) is 4.99 Å². The Morgan fingerprint density at radius 2 is 1.73 bits per heavy atom. The molecule has 2 heterocycles. The van der Waals surface area contributed by atoms with Gasteiger partial charge in [0.15, 0.2) is 5.96 Å². The topological polar surface area (TPSA) is 65.9 Å². The molecule has 0 spiro atoms. The molecule has 0 amide bonds. The first-order chi connectivity index (χ1) is 14.0. The third-order valence-corrected chi connectivity index (χ3v) is 4.54. The molecule has 3 rings (SSSR count). The van der Waals surface area contributed by atoms with Crippen LogP contribution in [0.25, 0.3) is 0 Å². The van der Waals surface area contributed by atoms with Gasteiger partial charge in [-0.15, -0.1) is 24.0 Å². The molecule has 0 radical (unpaired) electrons. The van der Waals surface area contributed by atoms with E-state index in [2.05, 4.69) is 58.8 Å². The van der Waals surface area contributed by atoms with E-state index >= 15 is 0 Å². The molecule has 1 aliphatic rings. The lowest BCUT2D eigenvalue weighted by Gasteiger charge is -2.36. The van der Waals surface area contributed by atoms with E-state index in [1.54, 1.807) is 12.4 Å². The molecule has 7 nitrogen and oxygen atoms in total. The van der Waals surface area contributed by atoms with Crippen molar-refractivity contribution in [3.8, 4) is 5.75 Å². The molecule has 0 saturated carbocycles. The van der Waals surface area contributed by atoms with Gasteiger partial charge in [-0.2, -0.15) is 0 Å². The molecule has 1 aromatic carbocycles. The van der Waals surface area contributed by atoms with E-state index in [1.165, 1.54) is 0 Å². The van der Waals surface area contributed by atoms with Gasteiger partial charge in [0.2, 0.25) is 5.95 Å². The second-order valence-corrected chi connectivity index (χ2v) is 8.02. The van der Waals surface area contributed by atoms with Crippen LogP contribution in [-0.2, 0) is 6.54 Å². The smallest absolute Gasteiger partial charge is 0.225 e. The van der Waals surface area contributed by atoms with Gasteiger partial charge in [0, 0.05) is 50.7 Å². The minimum atomic E-state index is -0.236. The molecule has 1 saturated heterocycles. The third kappa shape index (κ3) is 7.00. The molecule has 0 bridgehead atoms. The SMILES string of the molecule is CCNC(=NCc1ccccc1OC(C)(C)C)N1CCN(c2ncccn2)CC1.I. The van der Waals surface area contributed by atoms with E-state index < -0.39 is 0 Å². The second-order valence-electron chi connectivity index (χ2n) is 8.02. The molecule has 1 aliphatic heterocycles. The van der Waals surface area contributed by atoms with Gasteiger partial charge in [-0.3, -0.25) is 0 Å². The fourth-order valence-electron chi connectivity index (χ4n) is 3.22. The van der Waals surface area contributed by atoms with Gasteiger partial charge >= 0.3 is 0 Å². The zero-order valence-electron chi connectivity index (χ0n) is 18.3. The summed E-state index contributed by atoms with van der Waals surface area (Å²) in [5.41, 5.74) is 0.856. The molecule has 1 N–H and O–H groups in total. The lowest BCUT2D eigenvalue weighted by atomic mass is 10.1. The summed E-state index contributed by atoms with van der Waals surface area (Å²) in [7, 11) is 0. The minimum absolute atomic E-state index is 0. The Morgan fingerprint density at radius 3 is 2.37 bits per heavy atom. The summed E-state index contributed by atoms with van der Waals surface area (Å²) in [6.45, 7) is 13.2. The van der Waals surface area contributed by atoms with Crippen LogP contribution in [0.1, 0.15) is 33.3 Å². The van der Waals surface area contributed by atoms with E-state index in [4.69, 9.17) is 9.73 Å². The van der Waals surface area contributed by atoms with Crippen molar-refractivity contribution in [2.45, 2.75) is 39.8 Å². The first-order valence-electron chi connectivity index (χ1n) is 10.3. The number of piperazine rings is 1. The zero-order chi connectivity index (χ0) is 20.7. The van der Waals surface area contributed by atoms with E-state index in [9.17, 15) is 0 Å². The van der Waals surface area contributed by atoms with Crippen LogP contribution in [0.15, 0.2) is 47.7 Å². The number of guanidine groups is 1. The number of anilines is 1.